The van der Waals surface area contributed by atoms with Crippen LogP contribution in [-0.2, 0) is 27.1 Å². The Morgan fingerprint density at radius 2 is 1.89 bits per heavy atom. The minimum Gasteiger partial charge on any atom is -0.481 e. The van der Waals surface area contributed by atoms with Crippen LogP contribution in [0.4, 0.5) is 19.3 Å². The first-order valence-electron chi connectivity index (χ1n) is 12.9. The molecule has 2 unspecified atom stereocenters. The highest BCUT2D eigenvalue weighted by atomic mass is 19.3. The molecule has 0 radical (unpaired) electrons. The monoisotopic (exact) mass is 527 g/mol. The van der Waals surface area contributed by atoms with Crippen molar-refractivity contribution in [2.75, 3.05) is 25.2 Å². The number of fused-ring (bicyclic) bond motifs is 3. The van der Waals surface area contributed by atoms with Gasteiger partial charge in [-0.05, 0) is 50.3 Å². The number of aliphatic carboxylic acids is 1. The second-order valence-electron chi connectivity index (χ2n) is 9.99. The van der Waals surface area contributed by atoms with Crippen molar-refractivity contribution in [2.24, 2.45) is 0 Å². The number of anilines is 1. The summed E-state index contributed by atoms with van der Waals surface area (Å²) < 4.78 is 39.0. The maximum Gasteiger partial charge on any atom is 0.414 e. The van der Waals surface area contributed by atoms with Crippen LogP contribution in [0.3, 0.4) is 0 Å². The number of hydrogen-bond donors (Lipinski definition) is 1. The number of methoxy groups -OCH3 is 1. The third-order valence-corrected chi connectivity index (χ3v) is 7.68. The van der Waals surface area contributed by atoms with Gasteiger partial charge in [-0.1, -0.05) is 24.3 Å². The van der Waals surface area contributed by atoms with E-state index in [1.165, 1.54) is 31.4 Å². The number of carboxylic acid groups (broad SMARTS) is 1. The Balaban J connectivity index is 1.62. The van der Waals surface area contributed by atoms with Crippen molar-refractivity contribution >= 4 is 28.8 Å². The van der Waals surface area contributed by atoms with E-state index in [0.717, 1.165) is 48.0 Å². The second-order valence-corrected chi connectivity index (χ2v) is 9.99. The van der Waals surface area contributed by atoms with Crippen LogP contribution in [0, 0.1) is 0 Å². The van der Waals surface area contributed by atoms with Crippen molar-refractivity contribution in [3.63, 3.8) is 0 Å². The van der Waals surface area contributed by atoms with Crippen LogP contribution in [-0.4, -0.2) is 53.1 Å². The molecule has 1 N–H and O–H groups in total. The summed E-state index contributed by atoms with van der Waals surface area (Å²) in [4.78, 5) is 31.6. The first kappa shape index (κ1) is 26.1. The lowest BCUT2D eigenvalue weighted by molar-refractivity contribution is -0.138. The van der Waals surface area contributed by atoms with Crippen LogP contribution in [0.2, 0.25) is 0 Å². The lowest BCUT2D eigenvalue weighted by Gasteiger charge is -2.34. The SMILES string of the molecule is COC(=O)N1c2ccc3c(nc(CC(C(=O)O)c4ccc(C(F)F)cc4)n3C3CCCOC3)c2CC[C@@H]1C. The highest BCUT2D eigenvalue weighted by molar-refractivity contribution is 5.95. The number of halogens is 2. The molecule has 0 bridgehead atoms. The quantitative estimate of drug-likeness (QED) is 0.446. The number of carbonyl (C=O) groups excluding carboxylic acids is 1. The molecule has 38 heavy (non-hydrogen) atoms. The molecule has 1 aromatic heterocycles. The van der Waals surface area contributed by atoms with Crippen LogP contribution in [0.15, 0.2) is 36.4 Å². The number of amides is 1. The Morgan fingerprint density at radius 1 is 1.16 bits per heavy atom. The van der Waals surface area contributed by atoms with E-state index in [4.69, 9.17) is 14.5 Å². The molecule has 3 aromatic rings. The van der Waals surface area contributed by atoms with E-state index in [1.54, 1.807) is 4.90 Å². The highest BCUT2D eigenvalue weighted by Gasteiger charge is 2.33. The Hall–Kier alpha value is -3.53. The standard InChI is InChI=1S/C28H31F2N3O5/c1-16-5-10-20-22(32(16)28(36)37-2)11-12-23-25(20)31-24(33(23)19-4-3-13-38-15-19)14-21(27(34)35)17-6-8-18(9-7-17)26(29)30/h6-9,11-12,16,19,21,26H,3-5,10,13-15H2,1-2H3,(H,34,35)/t16-,19?,21?/m0/s1. The van der Waals surface area contributed by atoms with Gasteiger partial charge in [0.05, 0.1) is 42.4 Å². The van der Waals surface area contributed by atoms with E-state index in [0.29, 0.717) is 24.6 Å². The third kappa shape index (κ3) is 4.73. The average molecular weight is 528 g/mol. The number of aryl methyl sites for hydroxylation is 1. The first-order chi connectivity index (χ1) is 18.3. The molecule has 202 valence electrons. The number of ether oxygens (including phenoxy) is 2. The number of carboxylic acids is 1. The van der Waals surface area contributed by atoms with Crippen LogP contribution < -0.4 is 4.90 Å². The lowest BCUT2D eigenvalue weighted by atomic mass is 9.94. The van der Waals surface area contributed by atoms with E-state index >= 15 is 0 Å². The average Bonchev–Trinajstić information content (AvgIpc) is 3.30. The van der Waals surface area contributed by atoms with E-state index in [1.807, 2.05) is 19.1 Å². The van der Waals surface area contributed by atoms with E-state index < -0.39 is 24.4 Å². The number of aromatic nitrogens is 2. The second kappa shape index (κ2) is 10.7. The molecule has 3 heterocycles. The molecule has 0 saturated carbocycles. The maximum absolute atomic E-state index is 13.1. The van der Waals surface area contributed by atoms with Crippen molar-refractivity contribution < 1.29 is 33.0 Å². The van der Waals surface area contributed by atoms with Gasteiger partial charge in [0.15, 0.2) is 0 Å². The number of nitrogens with zero attached hydrogens (tertiary/aromatic N) is 3. The van der Waals surface area contributed by atoms with Gasteiger partial charge in [0.2, 0.25) is 0 Å². The number of hydrogen-bond acceptors (Lipinski definition) is 5. The van der Waals surface area contributed by atoms with Crippen LogP contribution in [0.5, 0.6) is 0 Å². The molecule has 2 aliphatic heterocycles. The number of carbonyl (C=O) groups is 2. The predicted octanol–water partition coefficient (Wildman–Crippen LogP) is 5.64. The molecule has 0 aliphatic carbocycles. The number of rotatable bonds is 6. The summed E-state index contributed by atoms with van der Waals surface area (Å²) >= 11 is 0. The largest absolute Gasteiger partial charge is 0.481 e. The summed E-state index contributed by atoms with van der Waals surface area (Å²) in [5.41, 5.74) is 3.56. The van der Waals surface area contributed by atoms with Gasteiger partial charge in [0.25, 0.3) is 6.43 Å². The fourth-order valence-corrected chi connectivity index (χ4v) is 5.71. The van der Waals surface area contributed by atoms with E-state index in [2.05, 4.69) is 4.57 Å². The van der Waals surface area contributed by atoms with Crippen molar-refractivity contribution in [3.05, 3.63) is 58.9 Å². The first-order valence-corrected chi connectivity index (χ1v) is 12.9. The zero-order valence-electron chi connectivity index (χ0n) is 21.4. The minimum atomic E-state index is -2.62. The predicted molar refractivity (Wildman–Crippen MR) is 137 cm³/mol. The fourth-order valence-electron chi connectivity index (χ4n) is 5.71. The van der Waals surface area contributed by atoms with Crippen molar-refractivity contribution in [3.8, 4) is 0 Å². The summed E-state index contributed by atoms with van der Waals surface area (Å²) in [5, 5.41) is 10.1. The van der Waals surface area contributed by atoms with Gasteiger partial charge in [-0.3, -0.25) is 9.69 Å². The van der Waals surface area contributed by atoms with Gasteiger partial charge in [-0.25, -0.2) is 18.6 Å². The Kier molecular flexibility index (Phi) is 7.34. The summed E-state index contributed by atoms with van der Waals surface area (Å²) in [6.07, 6.45) is 0.222. The van der Waals surface area contributed by atoms with Gasteiger partial charge in [0.1, 0.15) is 5.82 Å². The van der Waals surface area contributed by atoms with Crippen molar-refractivity contribution in [1.82, 2.24) is 9.55 Å². The zero-order chi connectivity index (χ0) is 27.0. The molecule has 5 rings (SSSR count). The normalized spacial score (nSPS) is 20.4. The van der Waals surface area contributed by atoms with Gasteiger partial charge in [0, 0.05) is 30.2 Å². The molecule has 2 aliphatic rings. The maximum atomic E-state index is 13.1. The number of imidazole rings is 1. The van der Waals surface area contributed by atoms with Crippen LogP contribution in [0.1, 0.15) is 67.1 Å². The Bertz CT molecular complexity index is 1330. The molecular formula is C28H31F2N3O5. The molecule has 10 heteroatoms. The van der Waals surface area contributed by atoms with Gasteiger partial charge in [-0.15, -0.1) is 0 Å². The molecule has 0 spiro atoms. The van der Waals surface area contributed by atoms with E-state index in [-0.39, 0.29) is 24.1 Å². The highest BCUT2D eigenvalue weighted by Crippen LogP contribution is 2.39. The number of alkyl halides is 2. The van der Waals surface area contributed by atoms with Gasteiger partial charge < -0.3 is 19.1 Å². The molecule has 2 aromatic carbocycles. The molecule has 1 saturated heterocycles. The van der Waals surface area contributed by atoms with E-state index in [9.17, 15) is 23.5 Å². The van der Waals surface area contributed by atoms with Crippen LogP contribution in [0.25, 0.3) is 11.0 Å². The van der Waals surface area contributed by atoms with Crippen LogP contribution >= 0.6 is 0 Å². The molecule has 1 amide bonds. The summed E-state index contributed by atoms with van der Waals surface area (Å²) in [6.45, 7) is 3.14. The molecule has 8 nitrogen and oxygen atoms in total. The Labute approximate surface area is 219 Å². The zero-order valence-corrected chi connectivity index (χ0v) is 21.4. The van der Waals surface area contributed by atoms with Crippen molar-refractivity contribution in [1.29, 1.82) is 0 Å². The Morgan fingerprint density at radius 3 is 2.53 bits per heavy atom. The molecule has 1 fully saturated rings. The molecule has 3 atom stereocenters. The molecular weight excluding hydrogens is 496 g/mol. The number of benzene rings is 2. The van der Waals surface area contributed by atoms with Gasteiger partial charge >= 0.3 is 12.1 Å². The lowest BCUT2D eigenvalue weighted by Crippen LogP contribution is -2.42. The summed E-state index contributed by atoms with van der Waals surface area (Å²) in [7, 11) is 1.36. The third-order valence-electron chi connectivity index (χ3n) is 7.68. The van der Waals surface area contributed by atoms with Crippen molar-refractivity contribution in [2.45, 2.75) is 63.5 Å². The fraction of sp³-hybridized carbons (Fsp3) is 0.464. The summed E-state index contributed by atoms with van der Waals surface area (Å²) in [6, 6.07) is 9.24. The van der Waals surface area contributed by atoms with Gasteiger partial charge in [-0.2, -0.15) is 0 Å². The topological polar surface area (TPSA) is 93.9 Å². The minimum absolute atomic E-state index is 0.0170. The smallest absolute Gasteiger partial charge is 0.414 e. The summed E-state index contributed by atoms with van der Waals surface area (Å²) in [5.74, 6) is -1.43.